The molecule has 0 saturated carbocycles. The van der Waals surface area contributed by atoms with Gasteiger partial charge in [0.25, 0.3) is 0 Å². The van der Waals surface area contributed by atoms with Crippen LogP contribution in [0.3, 0.4) is 0 Å². The van der Waals surface area contributed by atoms with Gasteiger partial charge in [-0.15, -0.1) is 0 Å². The van der Waals surface area contributed by atoms with E-state index >= 15 is 0 Å². The van der Waals surface area contributed by atoms with Crippen LogP contribution in [-0.4, -0.2) is 6.09 Å². The van der Waals surface area contributed by atoms with Crippen LogP contribution in [0.25, 0.3) is 10.4 Å². The van der Waals surface area contributed by atoms with Gasteiger partial charge in [0.05, 0.1) is 11.4 Å². The number of hydrogen-bond acceptors (Lipinski definition) is 4. The average molecular weight is 267 g/mol. The third-order valence-corrected chi connectivity index (χ3v) is 2.21. The summed E-state index contributed by atoms with van der Waals surface area (Å²) in [5.74, 6) is 0.265. The first-order valence-electron chi connectivity index (χ1n) is 5.62. The monoisotopic (exact) mass is 267 g/mol. The minimum absolute atomic E-state index is 0.265. The Labute approximate surface area is 114 Å². The molecule has 2 aromatic rings. The maximum atomic E-state index is 10.9. The Morgan fingerprint density at radius 2 is 1.55 bits per heavy atom. The Hall–Kier alpha value is -3.18. The summed E-state index contributed by atoms with van der Waals surface area (Å²) in [7, 11) is 0. The molecule has 0 saturated heterocycles. The molecule has 0 aliphatic carbocycles. The van der Waals surface area contributed by atoms with Gasteiger partial charge in [-0.05, 0) is 41.9 Å². The molecule has 2 rings (SSSR count). The molecular formula is C13H9N5O2. The Bertz CT molecular complexity index is 661. The van der Waals surface area contributed by atoms with Crippen LogP contribution in [0.5, 0.6) is 5.75 Å². The molecule has 7 heteroatoms. The van der Waals surface area contributed by atoms with Gasteiger partial charge in [-0.2, -0.15) is 10.2 Å². The fourth-order valence-electron chi connectivity index (χ4n) is 1.35. The van der Waals surface area contributed by atoms with Gasteiger partial charge >= 0.3 is 6.09 Å². The Morgan fingerprint density at radius 3 is 2.15 bits per heavy atom. The second kappa shape index (κ2) is 6.67. The van der Waals surface area contributed by atoms with Crippen molar-refractivity contribution in [1.82, 2.24) is 0 Å². The van der Waals surface area contributed by atoms with Gasteiger partial charge in [-0.3, -0.25) is 0 Å². The van der Waals surface area contributed by atoms with E-state index in [1.165, 1.54) is 12.1 Å². The summed E-state index contributed by atoms with van der Waals surface area (Å²) >= 11 is 0. The molecule has 0 bridgehead atoms. The molecule has 0 aliphatic heterocycles. The van der Waals surface area contributed by atoms with Gasteiger partial charge in [0.2, 0.25) is 0 Å². The van der Waals surface area contributed by atoms with Crippen LogP contribution in [0.2, 0.25) is 0 Å². The number of azo groups is 1. The topological polar surface area (TPSA) is 99.8 Å². The number of benzene rings is 2. The molecule has 0 heterocycles. The van der Waals surface area contributed by atoms with E-state index in [4.69, 9.17) is 10.3 Å². The second-order valence-corrected chi connectivity index (χ2v) is 3.59. The Balaban J connectivity index is 2.03. The smallest absolute Gasteiger partial charge is 0.402 e. The summed E-state index contributed by atoms with van der Waals surface area (Å²) in [5.41, 5.74) is 9.42. The van der Waals surface area contributed by atoms with Crippen LogP contribution in [-0.2, 0) is 0 Å². The molecule has 0 fully saturated rings. The van der Waals surface area contributed by atoms with Crippen molar-refractivity contribution in [3.63, 3.8) is 0 Å². The molecule has 0 spiro atoms. The number of carbonyl (C=O) groups excluding carboxylic acids is 1. The number of amides is 1. The molecule has 20 heavy (non-hydrogen) atoms. The number of ether oxygens (including phenoxy) is 1. The zero-order valence-corrected chi connectivity index (χ0v) is 10.2. The maximum absolute atomic E-state index is 10.9. The molecular weight excluding hydrogens is 258 g/mol. The first-order valence-corrected chi connectivity index (χ1v) is 5.62. The molecule has 0 N–H and O–H groups in total. The summed E-state index contributed by atoms with van der Waals surface area (Å²) < 4.78 is 4.74. The van der Waals surface area contributed by atoms with Crippen LogP contribution in [0.15, 0.2) is 69.9 Å². The van der Waals surface area contributed by atoms with Crippen LogP contribution in [0.1, 0.15) is 0 Å². The van der Waals surface area contributed by atoms with Gasteiger partial charge in [0.15, 0.2) is 0 Å². The van der Waals surface area contributed by atoms with Crippen LogP contribution in [0.4, 0.5) is 16.2 Å². The zero-order valence-electron chi connectivity index (χ0n) is 10.2. The summed E-state index contributed by atoms with van der Waals surface area (Å²) in [6.45, 7) is 0. The van der Waals surface area contributed by atoms with E-state index in [0.29, 0.717) is 5.69 Å². The van der Waals surface area contributed by atoms with Crippen LogP contribution < -0.4 is 4.74 Å². The van der Waals surface area contributed by atoms with Gasteiger partial charge in [0, 0.05) is 10.0 Å². The average Bonchev–Trinajstić information content (AvgIpc) is 2.48. The molecule has 98 valence electrons. The molecule has 0 aliphatic rings. The highest BCUT2D eigenvalue weighted by Crippen LogP contribution is 2.21. The van der Waals surface area contributed by atoms with Crippen molar-refractivity contribution in [2.75, 3.05) is 0 Å². The Morgan fingerprint density at radius 1 is 0.950 bits per heavy atom. The zero-order chi connectivity index (χ0) is 14.2. The van der Waals surface area contributed by atoms with Gasteiger partial charge < -0.3 is 4.74 Å². The van der Waals surface area contributed by atoms with Gasteiger partial charge in [-0.1, -0.05) is 18.2 Å². The highest BCUT2D eigenvalue weighted by atomic mass is 16.5. The fourth-order valence-corrected chi connectivity index (χ4v) is 1.35. The van der Waals surface area contributed by atoms with Crippen molar-refractivity contribution in [3.8, 4) is 5.75 Å². The molecule has 0 atom stereocenters. The molecule has 0 unspecified atom stereocenters. The third kappa shape index (κ3) is 3.94. The van der Waals surface area contributed by atoms with Crippen molar-refractivity contribution in [3.05, 3.63) is 65.0 Å². The summed E-state index contributed by atoms with van der Waals surface area (Å²) in [6.07, 6.45) is -1.01. The highest BCUT2D eigenvalue weighted by Gasteiger charge is 2.00. The van der Waals surface area contributed by atoms with Crippen molar-refractivity contribution < 1.29 is 9.53 Å². The quantitative estimate of drug-likeness (QED) is 0.448. The van der Waals surface area contributed by atoms with Crippen molar-refractivity contribution in [2.45, 2.75) is 0 Å². The largest absolute Gasteiger partial charge is 0.422 e. The lowest BCUT2D eigenvalue weighted by atomic mass is 10.3. The maximum Gasteiger partial charge on any atom is 0.402 e. The standard InChI is InChI=1S/C13H9N5O2/c14-18-17-13(19)20-12-8-6-11(7-9-12)16-15-10-4-2-1-3-5-10/h1-9H. The van der Waals surface area contributed by atoms with Gasteiger partial charge in [0.1, 0.15) is 5.75 Å². The molecule has 0 radical (unpaired) electrons. The van der Waals surface area contributed by atoms with E-state index in [1.54, 1.807) is 12.1 Å². The first kappa shape index (κ1) is 13.3. The van der Waals surface area contributed by atoms with Gasteiger partial charge in [-0.25, -0.2) is 4.79 Å². The van der Waals surface area contributed by atoms with E-state index < -0.39 is 6.09 Å². The minimum atomic E-state index is -1.01. The van der Waals surface area contributed by atoms with Crippen molar-refractivity contribution in [1.29, 1.82) is 0 Å². The van der Waals surface area contributed by atoms with E-state index in [-0.39, 0.29) is 5.75 Å². The predicted molar refractivity (Wildman–Crippen MR) is 72.2 cm³/mol. The van der Waals surface area contributed by atoms with E-state index in [1.807, 2.05) is 30.3 Å². The van der Waals surface area contributed by atoms with Crippen molar-refractivity contribution in [2.24, 2.45) is 15.3 Å². The molecule has 2 aromatic carbocycles. The van der Waals surface area contributed by atoms with E-state index in [0.717, 1.165) is 5.69 Å². The number of azide groups is 1. The number of carbonyl (C=O) groups is 1. The number of hydrogen-bond donors (Lipinski definition) is 0. The van der Waals surface area contributed by atoms with E-state index in [9.17, 15) is 4.79 Å². The predicted octanol–water partition coefficient (Wildman–Crippen LogP) is 4.91. The summed E-state index contributed by atoms with van der Waals surface area (Å²) in [6, 6.07) is 15.6. The number of rotatable bonds is 3. The summed E-state index contributed by atoms with van der Waals surface area (Å²) in [4.78, 5) is 13.3. The molecule has 7 nitrogen and oxygen atoms in total. The fraction of sp³-hybridized carbons (Fsp3) is 0. The SMILES string of the molecule is [N-]=[N+]=NC(=O)Oc1ccc(N=Nc2ccccc2)cc1. The molecule has 1 amide bonds. The summed E-state index contributed by atoms with van der Waals surface area (Å²) in [5, 5.41) is 10.9. The van der Waals surface area contributed by atoms with Crippen molar-refractivity contribution >= 4 is 17.5 Å². The highest BCUT2D eigenvalue weighted by molar-refractivity contribution is 5.71. The second-order valence-electron chi connectivity index (χ2n) is 3.59. The van der Waals surface area contributed by atoms with Crippen LogP contribution >= 0.6 is 0 Å². The number of nitrogens with zero attached hydrogens (tertiary/aromatic N) is 5. The lowest BCUT2D eigenvalue weighted by Crippen LogP contribution is -1.99. The van der Waals surface area contributed by atoms with Crippen LogP contribution in [0, 0.1) is 0 Å². The minimum Gasteiger partial charge on any atom is -0.422 e. The third-order valence-electron chi connectivity index (χ3n) is 2.21. The molecule has 0 aromatic heterocycles. The lowest BCUT2D eigenvalue weighted by molar-refractivity contribution is 0.211. The normalized spacial score (nSPS) is 10.0. The van der Waals surface area contributed by atoms with E-state index in [2.05, 4.69) is 20.3 Å². The lowest BCUT2D eigenvalue weighted by Gasteiger charge is -1.99. The Kier molecular flexibility index (Phi) is 4.42. The first-order chi connectivity index (χ1) is 9.78.